The molecule has 0 aromatic heterocycles. The molecule has 0 aromatic carbocycles. The van der Waals surface area contributed by atoms with Gasteiger partial charge in [-0.1, -0.05) is 6.92 Å². The summed E-state index contributed by atoms with van der Waals surface area (Å²) in [6.45, 7) is 8.87. The van der Waals surface area contributed by atoms with Crippen molar-refractivity contribution in [1.82, 2.24) is 4.90 Å². The molecule has 0 fully saturated rings. The van der Waals surface area contributed by atoms with Gasteiger partial charge in [0.15, 0.2) is 0 Å². The molecule has 62 valence electrons. The van der Waals surface area contributed by atoms with E-state index in [2.05, 4.69) is 37.9 Å². The van der Waals surface area contributed by atoms with Crippen LogP contribution in [0.5, 0.6) is 0 Å². The molecule has 0 N–H and O–H groups in total. The van der Waals surface area contributed by atoms with Gasteiger partial charge in [0.2, 0.25) is 0 Å². The van der Waals surface area contributed by atoms with Crippen LogP contribution in [-0.2, 0) is 0 Å². The Morgan fingerprint density at radius 2 is 2.18 bits per heavy atom. The van der Waals surface area contributed by atoms with Crippen molar-refractivity contribution in [1.29, 1.82) is 0 Å². The summed E-state index contributed by atoms with van der Waals surface area (Å²) in [6.07, 6.45) is 5.59. The van der Waals surface area contributed by atoms with Crippen LogP contribution in [0.1, 0.15) is 27.2 Å². The van der Waals surface area contributed by atoms with Gasteiger partial charge in [-0.3, -0.25) is 0 Å². The summed E-state index contributed by atoms with van der Waals surface area (Å²) in [5, 5.41) is 0. The quantitative estimate of drug-likeness (QED) is 0.586. The van der Waals surface area contributed by atoms with Gasteiger partial charge in [0.25, 0.3) is 0 Å². The van der Waals surface area contributed by atoms with Crippen molar-refractivity contribution in [2.45, 2.75) is 27.2 Å². The lowest BCUT2D eigenvalue weighted by Crippen LogP contribution is -2.22. The third-order valence-corrected chi connectivity index (χ3v) is 2.32. The average molecular weight is 151 g/mol. The van der Waals surface area contributed by atoms with E-state index in [9.17, 15) is 0 Å². The van der Waals surface area contributed by atoms with E-state index in [4.69, 9.17) is 0 Å². The summed E-state index contributed by atoms with van der Waals surface area (Å²) >= 11 is 0. The van der Waals surface area contributed by atoms with Crippen LogP contribution in [0, 0.1) is 0 Å². The second-order valence-electron chi connectivity index (χ2n) is 3.02. The van der Waals surface area contributed by atoms with E-state index in [1.165, 1.54) is 12.0 Å². The molecule has 1 rings (SSSR count). The van der Waals surface area contributed by atoms with Crippen LogP contribution in [0.4, 0.5) is 0 Å². The number of hydrogen-bond acceptors (Lipinski definition) is 1. The molecular formula is C10H17N. The van der Waals surface area contributed by atoms with Crippen molar-refractivity contribution in [3.05, 3.63) is 23.4 Å². The molecule has 1 nitrogen and oxygen atoms in total. The molecule has 0 unspecified atom stereocenters. The molecule has 0 aromatic rings. The van der Waals surface area contributed by atoms with Gasteiger partial charge in [-0.05, 0) is 43.7 Å². The summed E-state index contributed by atoms with van der Waals surface area (Å²) in [6, 6.07) is 0. The van der Waals surface area contributed by atoms with Crippen molar-refractivity contribution in [3.8, 4) is 0 Å². The summed E-state index contributed by atoms with van der Waals surface area (Å²) in [7, 11) is 0. The molecule has 0 saturated carbocycles. The molecule has 0 amide bonds. The molecule has 0 spiro atoms. The van der Waals surface area contributed by atoms with Crippen molar-refractivity contribution in [2.75, 3.05) is 13.1 Å². The Morgan fingerprint density at radius 1 is 1.45 bits per heavy atom. The molecule has 0 aliphatic carbocycles. The fourth-order valence-electron chi connectivity index (χ4n) is 1.37. The fourth-order valence-corrected chi connectivity index (χ4v) is 1.37. The minimum atomic E-state index is 1.12. The van der Waals surface area contributed by atoms with Gasteiger partial charge in [0.05, 0.1) is 0 Å². The smallest absolute Gasteiger partial charge is 0.0388 e. The lowest BCUT2D eigenvalue weighted by atomic mass is 10.0. The van der Waals surface area contributed by atoms with E-state index < -0.39 is 0 Å². The van der Waals surface area contributed by atoms with Crippen molar-refractivity contribution in [2.24, 2.45) is 0 Å². The highest BCUT2D eigenvalue weighted by atomic mass is 15.1. The Balaban J connectivity index is 2.67. The first-order valence-electron chi connectivity index (χ1n) is 4.38. The molecule has 0 atom stereocenters. The van der Waals surface area contributed by atoms with Gasteiger partial charge in [-0.25, -0.2) is 0 Å². The first-order chi connectivity index (χ1) is 5.27. The van der Waals surface area contributed by atoms with Gasteiger partial charge in [0, 0.05) is 13.1 Å². The van der Waals surface area contributed by atoms with Crippen LogP contribution < -0.4 is 0 Å². The Kier molecular flexibility index (Phi) is 2.75. The van der Waals surface area contributed by atoms with E-state index in [-0.39, 0.29) is 0 Å². The standard InChI is InChI=1S/C10H17N/c1-4-10-8-11(5-2)7-6-9(10)3/h6-7H,4-5,8H2,1-3H3. The van der Waals surface area contributed by atoms with E-state index in [1.807, 2.05) is 0 Å². The molecule has 0 bridgehead atoms. The maximum absolute atomic E-state index is 2.34. The monoisotopic (exact) mass is 151 g/mol. The number of hydrogen-bond donors (Lipinski definition) is 0. The zero-order chi connectivity index (χ0) is 8.27. The maximum Gasteiger partial charge on any atom is 0.0388 e. The molecule has 1 heteroatoms. The normalized spacial score (nSPS) is 17.9. The Hall–Kier alpha value is -0.720. The van der Waals surface area contributed by atoms with Crippen molar-refractivity contribution < 1.29 is 0 Å². The van der Waals surface area contributed by atoms with Crippen LogP contribution in [0.2, 0.25) is 0 Å². The molecular weight excluding hydrogens is 134 g/mol. The molecule has 1 aliphatic rings. The van der Waals surface area contributed by atoms with Gasteiger partial charge in [-0.2, -0.15) is 0 Å². The summed E-state index contributed by atoms with van der Waals surface area (Å²) in [5.41, 5.74) is 3.03. The van der Waals surface area contributed by atoms with Crippen LogP contribution in [0.3, 0.4) is 0 Å². The summed E-state index contributed by atoms with van der Waals surface area (Å²) < 4.78 is 0. The van der Waals surface area contributed by atoms with E-state index >= 15 is 0 Å². The third-order valence-electron chi connectivity index (χ3n) is 2.32. The number of allylic oxidation sites excluding steroid dienone is 2. The second-order valence-corrected chi connectivity index (χ2v) is 3.02. The lowest BCUT2D eigenvalue weighted by molar-refractivity contribution is 0.418. The highest BCUT2D eigenvalue weighted by molar-refractivity contribution is 5.28. The number of likely N-dealkylation sites (N-methyl/N-ethyl adjacent to an activating group) is 1. The van der Waals surface area contributed by atoms with E-state index in [0.717, 1.165) is 13.1 Å². The summed E-state index contributed by atoms with van der Waals surface area (Å²) in [4.78, 5) is 2.34. The second kappa shape index (κ2) is 3.61. The van der Waals surface area contributed by atoms with Gasteiger partial charge in [-0.15, -0.1) is 0 Å². The molecule has 0 saturated heterocycles. The van der Waals surface area contributed by atoms with Crippen molar-refractivity contribution >= 4 is 0 Å². The Morgan fingerprint density at radius 3 is 2.73 bits per heavy atom. The predicted molar refractivity (Wildman–Crippen MR) is 49.4 cm³/mol. The largest absolute Gasteiger partial charge is 0.374 e. The third kappa shape index (κ3) is 1.86. The molecule has 1 aliphatic heterocycles. The highest BCUT2D eigenvalue weighted by Crippen LogP contribution is 2.16. The molecule has 11 heavy (non-hydrogen) atoms. The Labute approximate surface area is 69.4 Å². The summed E-state index contributed by atoms with van der Waals surface area (Å²) in [5.74, 6) is 0. The Bertz CT molecular complexity index is 189. The van der Waals surface area contributed by atoms with Crippen LogP contribution in [-0.4, -0.2) is 18.0 Å². The maximum atomic E-state index is 2.34. The highest BCUT2D eigenvalue weighted by Gasteiger charge is 2.06. The average Bonchev–Trinajstić information content (AvgIpc) is 2.05. The first-order valence-corrected chi connectivity index (χ1v) is 4.38. The predicted octanol–water partition coefficient (Wildman–Crippen LogP) is 2.56. The fraction of sp³-hybridized carbons (Fsp3) is 0.600. The SMILES string of the molecule is CCC1=C(C)C=CN(CC)C1. The zero-order valence-electron chi connectivity index (χ0n) is 7.72. The van der Waals surface area contributed by atoms with Crippen LogP contribution >= 0.6 is 0 Å². The minimum Gasteiger partial charge on any atom is -0.374 e. The number of rotatable bonds is 2. The number of nitrogens with zero attached hydrogens (tertiary/aromatic N) is 1. The van der Waals surface area contributed by atoms with Crippen LogP contribution in [0.25, 0.3) is 0 Å². The van der Waals surface area contributed by atoms with E-state index in [1.54, 1.807) is 5.57 Å². The van der Waals surface area contributed by atoms with Crippen LogP contribution in [0.15, 0.2) is 23.4 Å². The van der Waals surface area contributed by atoms with E-state index in [0.29, 0.717) is 0 Å². The lowest BCUT2D eigenvalue weighted by Gasteiger charge is -2.24. The van der Waals surface area contributed by atoms with Gasteiger partial charge >= 0.3 is 0 Å². The topological polar surface area (TPSA) is 3.24 Å². The van der Waals surface area contributed by atoms with Gasteiger partial charge < -0.3 is 4.90 Å². The molecule has 1 heterocycles. The zero-order valence-corrected chi connectivity index (χ0v) is 7.72. The van der Waals surface area contributed by atoms with Crippen molar-refractivity contribution in [3.63, 3.8) is 0 Å². The molecule has 0 radical (unpaired) electrons. The van der Waals surface area contributed by atoms with Gasteiger partial charge in [0.1, 0.15) is 0 Å². The minimum absolute atomic E-state index is 1.12. The first kappa shape index (κ1) is 8.38.